The van der Waals surface area contributed by atoms with Gasteiger partial charge in [0, 0.05) is 43.7 Å². The summed E-state index contributed by atoms with van der Waals surface area (Å²) in [6.07, 6.45) is 4.16. The highest BCUT2D eigenvalue weighted by molar-refractivity contribution is 14.0. The van der Waals surface area contributed by atoms with E-state index in [1.165, 1.54) is 9.88 Å². The molecular weight excluding hydrogens is 437 g/mol. The Morgan fingerprint density at radius 2 is 2.29 bits per heavy atom. The standard InChI is InChI=1S/C16H29N5OS.HI/c1-4-14-11-19-15(23-14)6-7-18-16(17-5-2)20-10-13-12-21(3)8-9-22-13;/h11,13H,4-10,12H2,1-3H3,(H2,17,18,20);1H. The first-order chi connectivity index (χ1) is 11.2. The molecule has 1 aromatic rings. The van der Waals surface area contributed by atoms with Gasteiger partial charge in [0.05, 0.1) is 24.3 Å². The molecule has 2 heterocycles. The molecule has 0 aliphatic carbocycles. The molecule has 2 N–H and O–H groups in total. The summed E-state index contributed by atoms with van der Waals surface area (Å²) >= 11 is 1.80. The van der Waals surface area contributed by atoms with E-state index in [-0.39, 0.29) is 30.1 Å². The number of nitrogens with one attached hydrogen (secondary N) is 2. The Balaban J connectivity index is 0.00000288. The fourth-order valence-electron chi connectivity index (χ4n) is 2.43. The first-order valence-corrected chi connectivity index (χ1v) is 9.28. The van der Waals surface area contributed by atoms with Gasteiger partial charge < -0.3 is 20.3 Å². The number of rotatable bonds is 7. The molecule has 0 aromatic carbocycles. The van der Waals surface area contributed by atoms with E-state index >= 15 is 0 Å². The van der Waals surface area contributed by atoms with Crippen LogP contribution in [0.3, 0.4) is 0 Å². The Bertz CT molecular complexity index is 497. The fourth-order valence-corrected chi connectivity index (χ4v) is 3.29. The second kappa shape index (κ2) is 12.0. The first-order valence-electron chi connectivity index (χ1n) is 8.47. The molecule has 1 aliphatic rings. The number of morpholine rings is 1. The zero-order chi connectivity index (χ0) is 16.5. The second-order valence-corrected chi connectivity index (χ2v) is 6.93. The van der Waals surface area contributed by atoms with Crippen molar-refractivity contribution in [2.45, 2.75) is 32.8 Å². The average Bonchev–Trinajstić information content (AvgIpc) is 3.01. The maximum Gasteiger partial charge on any atom is 0.191 e. The van der Waals surface area contributed by atoms with E-state index in [0.29, 0.717) is 6.54 Å². The van der Waals surface area contributed by atoms with E-state index in [0.717, 1.165) is 51.6 Å². The highest BCUT2D eigenvalue weighted by Gasteiger charge is 2.17. The summed E-state index contributed by atoms with van der Waals surface area (Å²) < 4.78 is 5.75. The molecule has 0 radical (unpaired) electrons. The molecule has 24 heavy (non-hydrogen) atoms. The van der Waals surface area contributed by atoms with E-state index in [4.69, 9.17) is 4.74 Å². The lowest BCUT2D eigenvalue weighted by atomic mass is 10.3. The molecule has 0 amide bonds. The molecule has 1 saturated heterocycles. The van der Waals surface area contributed by atoms with Crippen LogP contribution < -0.4 is 10.6 Å². The molecule has 138 valence electrons. The third kappa shape index (κ3) is 7.62. The smallest absolute Gasteiger partial charge is 0.191 e. The molecule has 1 aliphatic heterocycles. The maximum absolute atomic E-state index is 5.75. The van der Waals surface area contributed by atoms with Crippen molar-refractivity contribution in [3.63, 3.8) is 0 Å². The van der Waals surface area contributed by atoms with Crippen LogP contribution in [0.2, 0.25) is 0 Å². The Morgan fingerprint density at radius 1 is 1.46 bits per heavy atom. The zero-order valence-corrected chi connectivity index (χ0v) is 18.0. The van der Waals surface area contributed by atoms with Gasteiger partial charge in [0.1, 0.15) is 0 Å². The highest BCUT2D eigenvalue weighted by Crippen LogP contribution is 2.13. The van der Waals surface area contributed by atoms with Crippen molar-refractivity contribution in [2.75, 3.05) is 46.4 Å². The normalized spacial score (nSPS) is 19.0. The molecule has 1 atom stereocenters. The van der Waals surface area contributed by atoms with Crippen molar-refractivity contribution in [3.8, 4) is 0 Å². The largest absolute Gasteiger partial charge is 0.374 e. The third-order valence-corrected chi connectivity index (χ3v) is 4.92. The molecule has 2 rings (SSSR count). The Kier molecular flexibility index (Phi) is 10.8. The first kappa shape index (κ1) is 21.6. The van der Waals surface area contributed by atoms with Crippen LogP contribution in [0.1, 0.15) is 23.7 Å². The van der Waals surface area contributed by atoms with Gasteiger partial charge in [-0.15, -0.1) is 35.3 Å². The lowest BCUT2D eigenvalue weighted by molar-refractivity contribution is -0.0136. The van der Waals surface area contributed by atoms with Crippen LogP contribution in [-0.2, 0) is 17.6 Å². The minimum absolute atomic E-state index is 0. The van der Waals surface area contributed by atoms with Crippen LogP contribution in [0, 0.1) is 0 Å². The van der Waals surface area contributed by atoms with Crippen LogP contribution in [0.15, 0.2) is 11.2 Å². The number of hydrogen-bond donors (Lipinski definition) is 2. The molecule has 6 nitrogen and oxygen atoms in total. The zero-order valence-electron chi connectivity index (χ0n) is 14.9. The monoisotopic (exact) mass is 467 g/mol. The average molecular weight is 467 g/mol. The van der Waals surface area contributed by atoms with E-state index in [9.17, 15) is 0 Å². The molecule has 0 spiro atoms. The SMILES string of the molecule is CCNC(=NCC1CN(C)CCO1)NCCc1ncc(CC)s1.I. The van der Waals surface area contributed by atoms with Crippen LogP contribution in [0.25, 0.3) is 0 Å². The topological polar surface area (TPSA) is 61.8 Å². The van der Waals surface area contributed by atoms with Gasteiger partial charge >= 0.3 is 0 Å². The minimum Gasteiger partial charge on any atom is -0.374 e. The maximum atomic E-state index is 5.75. The van der Waals surface area contributed by atoms with Crippen molar-refractivity contribution >= 4 is 41.3 Å². The molecule has 1 aromatic heterocycles. The van der Waals surface area contributed by atoms with Crippen molar-refractivity contribution < 1.29 is 4.74 Å². The van der Waals surface area contributed by atoms with Gasteiger partial charge in [-0.1, -0.05) is 6.92 Å². The van der Waals surface area contributed by atoms with Crippen LogP contribution in [0.4, 0.5) is 0 Å². The van der Waals surface area contributed by atoms with Crippen molar-refractivity contribution in [2.24, 2.45) is 4.99 Å². The summed E-state index contributed by atoms with van der Waals surface area (Å²) in [6.45, 7) is 9.38. The quantitative estimate of drug-likeness (QED) is 0.364. The summed E-state index contributed by atoms with van der Waals surface area (Å²) in [4.78, 5) is 12.7. The predicted molar refractivity (Wildman–Crippen MR) is 112 cm³/mol. The van der Waals surface area contributed by atoms with Gasteiger partial charge in [-0.3, -0.25) is 4.99 Å². The van der Waals surface area contributed by atoms with E-state index in [1.807, 2.05) is 6.20 Å². The summed E-state index contributed by atoms with van der Waals surface area (Å²) in [6, 6.07) is 0. The fraction of sp³-hybridized carbons (Fsp3) is 0.750. The number of likely N-dealkylation sites (N-methyl/N-ethyl adjacent to an activating group) is 1. The molecule has 1 unspecified atom stereocenters. The molecular formula is C16H30IN5OS. The van der Waals surface area contributed by atoms with Crippen LogP contribution >= 0.6 is 35.3 Å². The van der Waals surface area contributed by atoms with E-state index < -0.39 is 0 Å². The number of nitrogens with zero attached hydrogens (tertiary/aromatic N) is 3. The Labute approximate surface area is 166 Å². The summed E-state index contributed by atoms with van der Waals surface area (Å²) in [5.41, 5.74) is 0. The Hall–Kier alpha value is -0.450. The van der Waals surface area contributed by atoms with Gasteiger partial charge in [-0.25, -0.2) is 4.98 Å². The van der Waals surface area contributed by atoms with Crippen molar-refractivity contribution in [3.05, 3.63) is 16.1 Å². The van der Waals surface area contributed by atoms with Gasteiger partial charge in [-0.05, 0) is 20.4 Å². The number of thiazole rings is 1. The van der Waals surface area contributed by atoms with Crippen LogP contribution in [0.5, 0.6) is 0 Å². The molecule has 1 fully saturated rings. The number of hydrogen-bond acceptors (Lipinski definition) is 5. The van der Waals surface area contributed by atoms with Crippen LogP contribution in [-0.4, -0.2) is 68.3 Å². The lowest BCUT2D eigenvalue weighted by Gasteiger charge is -2.29. The number of halogens is 1. The van der Waals surface area contributed by atoms with Gasteiger partial charge in [-0.2, -0.15) is 0 Å². The van der Waals surface area contributed by atoms with Gasteiger partial charge in [0.2, 0.25) is 0 Å². The Morgan fingerprint density at radius 3 is 2.96 bits per heavy atom. The van der Waals surface area contributed by atoms with Gasteiger partial charge in [0.15, 0.2) is 5.96 Å². The molecule has 0 bridgehead atoms. The number of aryl methyl sites for hydroxylation is 1. The number of ether oxygens (including phenoxy) is 1. The summed E-state index contributed by atoms with van der Waals surface area (Å²) in [7, 11) is 2.13. The lowest BCUT2D eigenvalue weighted by Crippen LogP contribution is -2.43. The van der Waals surface area contributed by atoms with Gasteiger partial charge in [0.25, 0.3) is 0 Å². The van der Waals surface area contributed by atoms with Crippen molar-refractivity contribution in [1.82, 2.24) is 20.5 Å². The summed E-state index contributed by atoms with van der Waals surface area (Å²) in [5.74, 6) is 0.858. The third-order valence-electron chi connectivity index (χ3n) is 3.72. The van der Waals surface area contributed by atoms with Crippen molar-refractivity contribution in [1.29, 1.82) is 0 Å². The minimum atomic E-state index is 0. The van der Waals surface area contributed by atoms with E-state index in [1.54, 1.807) is 11.3 Å². The highest BCUT2D eigenvalue weighted by atomic mass is 127. The van der Waals surface area contributed by atoms with E-state index in [2.05, 4.69) is 46.4 Å². The molecule has 0 saturated carbocycles. The predicted octanol–water partition coefficient (Wildman–Crippen LogP) is 1.75. The second-order valence-electron chi connectivity index (χ2n) is 5.73. The number of aliphatic imine (C=N–C) groups is 1. The number of guanidine groups is 1. The number of aromatic nitrogens is 1. The summed E-state index contributed by atoms with van der Waals surface area (Å²) in [5, 5.41) is 7.86. The molecule has 8 heteroatoms.